The highest BCUT2D eigenvalue weighted by Gasteiger charge is 1.97. The number of carboxylic acid groups (broad SMARTS) is 1. The van der Waals surface area contributed by atoms with Crippen LogP contribution in [0.2, 0.25) is 0 Å². The van der Waals surface area contributed by atoms with Crippen LogP contribution in [0.15, 0.2) is 25.5 Å². The zero-order chi connectivity index (χ0) is 10.5. The number of hydrogen-bond acceptors (Lipinski definition) is 3. The van der Waals surface area contributed by atoms with Crippen molar-refractivity contribution in [2.24, 2.45) is 0 Å². The summed E-state index contributed by atoms with van der Waals surface area (Å²) < 4.78 is 4.48. The van der Waals surface area contributed by atoms with E-state index < -0.39 is 0 Å². The molecule has 0 bridgehead atoms. The molecule has 0 saturated heterocycles. The fourth-order valence-electron chi connectivity index (χ4n) is 0.543. The second-order valence-corrected chi connectivity index (χ2v) is 1.94. The molecule has 0 radical (unpaired) electrons. The molecule has 0 aliphatic rings. The van der Waals surface area contributed by atoms with Crippen LogP contribution >= 0.6 is 0 Å². The molecule has 0 heterocycles. The molecule has 0 amide bonds. The van der Waals surface area contributed by atoms with Crippen molar-refractivity contribution in [2.75, 3.05) is 0 Å². The third-order valence-corrected chi connectivity index (χ3v) is 1.00. The number of unbranched alkanes of at least 4 members (excludes halogenated alkanes) is 1. The Hall–Kier alpha value is -1.58. The molecule has 0 unspecified atom stereocenters. The molecule has 0 aromatic carbocycles. The average molecular weight is 186 g/mol. The molecule has 0 spiro atoms. The van der Waals surface area contributed by atoms with E-state index in [9.17, 15) is 4.79 Å². The van der Waals surface area contributed by atoms with Gasteiger partial charge in [-0.3, -0.25) is 9.59 Å². The van der Waals surface area contributed by atoms with E-state index in [0.717, 1.165) is 19.1 Å². The maximum absolute atomic E-state index is 10.6. The van der Waals surface area contributed by atoms with E-state index in [2.05, 4.69) is 17.9 Å². The topological polar surface area (TPSA) is 63.6 Å². The van der Waals surface area contributed by atoms with Gasteiger partial charge < -0.3 is 9.84 Å². The molecule has 13 heavy (non-hydrogen) atoms. The molecule has 0 aromatic rings. The molecule has 0 fully saturated rings. The Balaban J connectivity index is 0. The van der Waals surface area contributed by atoms with Crippen molar-refractivity contribution in [3.8, 4) is 0 Å². The second kappa shape index (κ2) is 13.0. The maximum Gasteiger partial charge on any atom is 0.310 e. The summed E-state index contributed by atoms with van der Waals surface area (Å²) in [5.74, 6) is -0.225. The summed E-state index contributed by atoms with van der Waals surface area (Å²) in [4.78, 5) is 19.0. The number of hydrogen-bond donors (Lipinski definition) is 1. The molecule has 1 N–H and O–H groups in total. The minimum atomic E-state index is -0.250. The minimum Gasteiger partial charge on any atom is -0.483 e. The molecule has 0 aromatic heterocycles. The van der Waals surface area contributed by atoms with Crippen LogP contribution in [0.5, 0.6) is 0 Å². The highest BCUT2D eigenvalue weighted by Crippen LogP contribution is 1.97. The lowest BCUT2D eigenvalue weighted by Crippen LogP contribution is -1.97. The van der Waals surface area contributed by atoms with E-state index >= 15 is 0 Å². The van der Waals surface area contributed by atoms with Gasteiger partial charge in [0.1, 0.15) is 0 Å². The summed E-state index contributed by atoms with van der Waals surface area (Å²) in [5.41, 5.74) is 0. The number of rotatable bonds is 5. The van der Waals surface area contributed by atoms with E-state index in [1.165, 1.54) is 0 Å². The molecule has 0 rings (SSSR count). The van der Waals surface area contributed by atoms with Crippen molar-refractivity contribution < 1.29 is 19.4 Å². The SMILES string of the molecule is C=CCCCC(=O)OC=C.O=CO. The predicted octanol–water partition coefficient (Wildman–Crippen LogP) is 1.73. The molecule has 0 saturated carbocycles. The third-order valence-electron chi connectivity index (χ3n) is 1.00. The van der Waals surface area contributed by atoms with E-state index in [-0.39, 0.29) is 12.4 Å². The van der Waals surface area contributed by atoms with Gasteiger partial charge in [0.05, 0.1) is 6.26 Å². The van der Waals surface area contributed by atoms with Crippen LogP contribution in [0, 0.1) is 0 Å². The highest BCUT2D eigenvalue weighted by molar-refractivity contribution is 5.69. The zero-order valence-electron chi connectivity index (χ0n) is 7.44. The van der Waals surface area contributed by atoms with Crippen LogP contribution in [-0.2, 0) is 14.3 Å². The molecule has 4 nitrogen and oxygen atoms in total. The zero-order valence-corrected chi connectivity index (χ0v) is 7.44. The van der Waals surface area contributed by atoms with Crippen molar-refractivity contribution in [1.29, 1.82) is 0 Å². The summed E-state index contributed by atoms with van der Waals surface area (Å²) in [6, 6.07) is 0. The van der Waals surface area contributed by atoms with Gasteiger partial charge in [-0.15, -0.1) is 6.58 Å². The van der Waals surface area contributed by atoms with Crippen molar-refractivity contribution in [3.63, 3.8) is 0 Å². The number of allylic oxidation sites excluding steroid dienone is 1. The summed E-state index contributed by atoms with van der Waals surface area (Å²) in [7, 11) is 0. The highest BCUT2D eigenvalue weighted by atomic mass is 16.5. The lowest BCUT2D eigenvalue weighted by atomic mass is 10.2. The van der Waals surface area contributed by atoms with Crippen molar-refractivity contribution >= 4 is 12.4 Å². The van der Waals surface area contributed by atoms with E-state index in [0.29, 0.717) is 6.42 Å². The lowest BCUT2D eigenvalue weighted by Gasteiger charge is -1.95. The van der Waals surface area contributed by atoms with E-state index in [1.807, 2.05) is 0 Å². The van der Waals surface area contributed by atoms with Gasteiger partial charge in [0.25, 0.3) is 6.47 Å². The van der Waals surface area contributed by atoms with Gasteiger partial charge in [0.15, 0.2) is 0 Å². The van der Waals surface area contributed by atoms with Crippen molar-refractivity contribution in [3.05, 3.63) is 25.5 Å². The standard InChI is InChI=1S/C8H12O2.CH2O2/c1-3-5-6-7-8(9)10-4-2;2-1-3/h3-4H,1-2,5-7H2;1H,(H,2,3). The Bertz CT molecular complexity index is 163. The smallest absolute Gasteiger partial charge is 0.310 e. The van der Waals surface area contributed by atoms with Crippen LogP contribution in [0.4, 0.5) is 0 Å². The van der Waals surface area contributed by atoms with E-state index in [1.54, 1.807) is 6.08 Å². The number of carbonyl (C=O) groups excluding carboxylic acids is 1. The summed E-state index contributed by atoms with van der Waals surface area (Å²) in [5, 5.41) is 6.89. The molecular formula is C9H14O4. The molecule has 0 aliphatic heterocycles. The monoisotopic (exact) mass is 186 g/mol. The first kappa shape index (κ1) is 14.0. The Morgan fingerprint density at radius 2 is 2.00 bits per heavy atom. The van der Waals surface area contributed by atoms with Gasteiger partial charge in [0, 0.05) is 6.42 Å². The lowest BCUT2D eigenvalue weighted by molar-refractivity contribution is -0.138. The van der Waals surface area contributed by atoms with Crippen molar-refractivity contribution in [1.82, 2.24) is 0 Å². The summed E-state index contributed by atoms with van der Waals surface area (Å²) in [6.07, 6.45) is 5.03. The fraction of sp³-hybridized carbons (Fsp3) is 0.333. The first-order valence-corrected chi connectivity index (χ1v) is 3.72. The minimum absolute atomic E-state index is 0.225. The summed E-state index contributed by atoms with van der Waals surface area (Å²) >= 11 is 0. The fourth-order valence-corrected chi connectivity index (χ4v) is 0.543. The summed E-state index contributed by atoms with van der Waals surface area (Å²) in [6.45, 7) is 6.55. The predicted molar refractivity (Wildman–Crippen MR) is 49.0 cm³/mol. The van der Waals surface area contributed by atoms with Gasteiger partial charge in [-0.05, 0) is 12.8 Å². The Morgan fingerprint density at radius 3 is 2.38 bits per heavy atom. The molecular weight excluding hydrogens is 172 g/mol. The normalized spacial score (nSPS) is 7.38. The molecule has 4 heteroatoms. The molecule has 0 atom stereocenters. The Labute approximate surface area is 77.5 Å². The number of carbonyl (C=O) groups is 2. The molecule has 74 valence electrons. The van der Waals surface area contributed by atoms with Gasteiger partial charge in [-0.25, -0.2) is 0 Å². The largest absolute Gasteiger partial charge is 0.483 e. The van der Waals surface area contributed by atoms with Crippen LogP contribution in [0.25, 0.3) is 0 Å². The molecule has 0 aliphatic carbocycles. The second-order valence-electron chi connectivity index (χ2n) is 1.94. The van der Waals surface area contributed by atoms with Crippen LogP contribution in [-0.4, -0.2) is 17.5 Å². The van der Waals surface area contributed by atoms with Gasteiger partial charge in [-0.1, -0.05) is 12.7 Å². The number of ether oxygens (including phenoxy) is 1. The van der Waals surface area contributed by atoms with Gasteiger partial charge in [-0.2, -0.15) is 0 Å². The van der Waals surface area contributed by atoms with Crippen LogP contribution in [0.3, 0.4) is 0 Å². The van der Waals surface area contributed by atoms with Crippen LogP contribution in [0.1, 0.15) is 19.3 Å². The van der Waals surface area contributed by atoms with Gasteiger partial charge >= 0.3 is 5.97 Å². The quantitative estimate of drug-likeness (QED) is 0.233. The third kappa shape index (κ3) is 17.9. The van der Waals surface area contributed by atoms with Gasteiger partial charge in [0.2, 0.25) is 0 Å². The first-order chi connectivity index (χ1) is 6.22. The Morgan fingerprint density at radius 1 is 1.46 bits per heavy atom. The maximum atomic E-state index is 10.6. The van der Waals surface area contributed by atoms with E-state index in [4.69, 9.17) is 9.90 Å². The average Bonchev–Trinajstić information content (AvgIpc) is 2.07. The first-order valence-electron chi connectivity index (χ1n) is 3.72. The Kier molecular flexibility index (Phi) is 14.0. The number of esters is 1. The van der Waals surface area contributed by atoms with Crippen molar-refractivity contribution in [2.45, 2.75) is 19.3 Å². The van der Waals surface area contributed by atoms with Crippen LogP contribution < -0.4 is 0 Å².